The van der Waals surface area contributed by atoms with E-state index >= 15 is 0 Å². The third-order valence-electron chi connectivity index (χ3n) is 4.97. The first-order valence-corrected chi connectivity index (χ1v) is 11.4. The molecule has 2 aromatic heterocycles. The molecule has 0 spiro atoms. The first-order valence-electron chi connectivity index (χ1n) is 9.74. The van der Waals surface area contributed by atoms with Gasteiger partial charge in [0.1, 0.15) is 4.83 Å². The zero-order chi connectivity index (χ0) is 19.6. The van der Waals surface area contributed by atoms with Crippen LogP contribution in [-0.4, -0.2) is 66.8 Å². The van der Waals surface area contributed by atoms with Gasteiger partial charge < -0.3 is 15.0 Å². The van der Waals surface area contributed by atoms with E-state index in [4.69, 9.17) is 9.72 Å². The number of carbonyl (C=O) groups is 1. The molecule has 3 atom stereocenters. The molecule has 1 N–H and O–H groups in total. The van der Waals surface area contributed by atoms with Crippen molar-refractivity contribution in [3.8, 4) is 0 Å². The summed E-state index contributed by atoms with van der Waals surface area (Å²) in [6, 6.07) is 2.26. The number of ether oxygens (including phenoxy) is 1. The number of aromatic nitrogens is 1. The van der Waals surface area contributed by atoms with E-state index in [1.807, 2.05) is 6.07 Å². The van der Waals surface area contributed by atoms with E-state index in [-0.39, 0.29) is 24.2 Å². The monoisotopic (exact) mass is 410 g/mol. The molecule has 1 aliphatic rings. The standard InChI is InChI=1S/C19H30N4O2S2/c1-6-22(7-2)19-21-18-16(27-19)8-15(26-18)17(24)20-9-12(3)23-10-13(4)25-14(5)11-23/h8,12-14H,6-7,9-11H2,1-5H3,(H,20,24)/t12-,13-,14+/m0/s1. The van der Waals surface area contributed by atoms with Crippen molar-refractivity contribution in [1.29, 1.82) is 0 Å². The molecule has 27 heavy (non-hydrogen) atoms. The van der Waals surface area contributed by atoms with Crippen LogP contribution in [0.25, 0.3) is 9.53 Å². The van der Waals surface area contributed by atoms with Gasteiger partial charge in [0.2, 0.25) is 0 Å². The summed E-state index contributed by atoms with van der Waals surface area (Å²) in [5.74, 6) is -0.00389. The van der Waals surface area contributed by atoms with Crippen molar-refractivity contribution in [3.05, 3.63) is 10.9 Å². The van der Waals surface area contributed by atoms with E-state index in [9.17, 15) is 4.79 Å². The maximum atomic E-state index is 12.6. The Labute approximate surface area is 169 Å². The number of morpholine rings is 1. The summed E-state index contributed by atoms with van der Waals surface area (Å²) >= 11 is 3.14. The van der Waals surface area contributed by atoms with Gasteiger partial charge in [-0.25, -0.2) is 4.98 Å². The fourth-order valence-corrected chi connectivity index (χ4v) is 5.75. The van der Waals surface area contributed by atoms with Gasteiger partial charge in [-0.05, 0) is 40.7 Å². The van der Waals surface area contributed by atoms with E-state index < -0.39 is 0 Å². The van der Waals surface area contributed by atoms with Crippen molar-refractivity contribution in [3.63, 3.8) is 0 Å². The lowest BCUT2D eigenvalue weighted by molar-refractivity contribution is -0.0778. The lowest BCUT2D eigenvalue weighted by Gasteiger charge is -2.38. The zero-order valence-corrected chi connectivity index (χ0v) is 18.5. The van der Waals surface area contributed by atoms with Crippen molar-refractivity contribution in [2.75, 3.05) is 37.6 Å². The van der Waals surface area contributed by atoms with Gasteiger partial charge in [-0.15, -0.1) is 11.3 Å². The molecule has 0 radical (unpaired) electrons. The fourth-order valence-electron chi connectivity index (χ4n) is 3.50. The van der Waals surface area contributed by atoms with Crippen LogP contribution in [0, 0.1) is 0 Å². The Kier molecular flexibility index (Phi) is 6.73. The SMILES string of the molecule is CCN(CC)c1nc2sc(C(=O)NC[C@H](C)N3C[C@@H](C)O[C@@H](C)C3)cc2s1. The first kappa shape index (κ1) is 20.5. The predicted molar refractivity (Wildman–Crippen MR) is 114 cm³/mol. The normalized spacial score (nSPS) is 22.1. The van der Waals surface area contributed by atoms with Crippen LogP contribution < -0.4 is 10.2 Å². The van der Waals surface area contributed by atoms with Crippen LogP contribution in [0.4, 0.5) is 5.13 Å². The second-order valence-electron chi connectivity index (χ2n) is 7.22. The Morgan fingerprint density at radius 2 is 2.00 bits per heavy atom. The molecule has 150 valence electrons. The highest BCUT2D eigenvalue weighted by Gasteiger charge is 2.26. The Hall–Kier alpha value is -1.22. The van der Waals surface area contributed by atoms with Crippen LogP contribution in [0.3, 0.4) is 0 Å². The number of carbonyl (C=O) groups excluding carboxylic acids is 1. The predicted octanol–water partition coefficient (Wildman–Crippen LogP) is 3.43. The number of nitrogens with zero attached hydrogens (tertiary/aromatic N) is 3. The van der Waals surface area contributed by atoms with Gasteiger partial charge in [0, 0.05) is 38.8 Å². The van der Waals surface area contributed by atoms with E-state index in [1.54, 1.807) is 11.3 Å². The molecule has 8 heteroatoms. The number of thiazole rings is 1. The van der Waals surface area contributed by atoms with E-state index in [0.29, 0.717) is 6.54 Å². The highest BCUT2D eigenvalue weighted by molar-refractivity contribution is 7.29. The summed E-state index contributed by atoms with van der Waals surface area (Å²) in [4.78, 5) is 23.6. The molecule has 0 bridgehead atoms. The molecule has 0 unspecified atom stereocenters. The minimum atomic E-state index is -0.00389. The average Bonchev–Trinajstić information content (AvgIpc) is 3.18. The summed E-state index contributed by atoms with van der Waals surface area (Å²) in [6.45, 7) is 15.0. The summed E-state index contributed by atoms with van der Waals surface area (Å²) in [6.07, 6.45) is 0.476. The molecule has 6 nitrogen and oxygen atoms in total. The van der Waals surface area contributed by atoms with Gasteiger partial charge in [-0.1, -0.05) is 11.3 Å². The molecule has 3 heterocycles. The first-order chi connectivity index (χ1) is 12.9. The van der Waals surface area contributed by atoms with Crippen LogP contribution in [0.2, 0.25) is 0 Å². The summed E-state index contributed by atoms with van der Waals surface area (Å²) in [7, 11) is 0. The van der Waals surface area contributed by atoms with Gasteiger partial charge >= 0.3 is 0 Å². The largest absolute Gasteiger partial charge is 0.373 e. The second-order valence-corrected chi connectivity index (χ2v) is 9.26. The Balaban J connectivity index is 1.58. The van der Waals surface area contributed by atoms with Crippen molar-refractivity contribution in [2.45, 2.75) is 52.9 Å². The molecule has 1 amide bonds. The van der Waals surface area contributed by atoms with Crippen LogP contribution in [-0.2, 0) is 4.74 Å². The molecule has 1 saturated heterocycles. The number of anilines is 1. The summed E-state index contributed by atoms with van der Waals surface area (Å²) in [5.41, 5.74) is 0. The van der Waals surface area contributed by atoms with Crippen molar-refractivity contribution < 1.29 is 9.53 Å². The van der Waals surface area contributed by atoms with E-state index in [2.05, 4.69) is 49.7 Å². The van der Waals surface area contributed by atoms with Crippen molar-refractivity contribution in [1.82, 2.24) is 15.2 Å². The highest BCUT2D eigenvalue weighted by Crippen LogP contribution is 2.34. The van der Waals surface area contributed by atoms with Gasteiger partial charge in [0.15, 0.2) is 5.13 Å². The number of amides is 1. The Morgan fingerprint density at radius 1 is 1.33 bits per heavy atom. The smallest absolute Gasteiger partial charge is 0.261 e. The highest BCUT2D eigenvalue weighted by atomic mass is 32.1. The van der Waals surface area contributed by atoms with Gasteiger partial charge in [-0.3, -0.25) is 9.69 Å². The molecule has 2 aromatic rings. The maximum Gasteiger partial charge on any atom is 0.261 e. The third-order valence-corrected chi connectivity index (χ3v) is 7.19. The molecule has 0 aromatic carbocycles. The number of hydrogen-bond acceptors (Lipinski definition) is 7. The fraction of sp³-hybridized carbons (Fsp3) is 0.684. The van der Waals surface area contributed by atoms with Gasteiger partial charge in [0.05, 0.1) is 21.8 Å². The third kappa shape index (κ3) is 4.80. The van der Waals surface area contributed by atoms with Crippen LogP contribution >= 0.6 is 22.7 Å². The summed E-state index contributed by atoms with van der Waals surface area (Å²) in [5, 5.41) is 4.13. The Morgan fingerprint density at radius 3 is 2.59 bits per heavy atom. The van der Waals surface area contributed by atoms with Gasteiger partial charge in [-0.2, -0.15) is 0 Å². The van der Waals surface area contributed by atoms with Crippen LogP contribution in [0.5, 0.6) is 0 Å². The van der Waals surface area contributed by atoms with Crippen LogP contribution in [0.15, 0.2) is 6.07 Å². The minimum Gasteiger partial charge on any atom is -0.373 e. The number of thiophene rings is 1. The molecule has 1 fully saturated rings. The minimum absolute atomic E-state index is 0.00389. The molecular formula is C19H30N4O2S2. The number of fused-ring (bicyclic) bond motifs is 1. The summed E-state index contributed by atoms with van der Waals surface area (Å²) < 4.78 is 6.89. The van der Waals surface area contributed by atoms with Crippen LogP contribution in [0.1, 0.15) is 44.3 Å². The molecule has 1 aliphatic heterocycles. The second kappa shape index (κ2) is 8.86. The molecule has 0 aliphatic carbocycles. The van der Waals surface area contributed by atoms with Crippen molar-refractivity contribution in [2.24, 2.45) is 0 Å². The number of hydrogen-bond donors (Lipinski definition) is 1. The topological polar surface area (TPSA) is 57.7 Å². The molecular weight excluding hydrogens is 380 g/mol. The lowest BCUT2D eigenvalue weighted by atomic mass is 10.1. The Bertz CT molecular complexity index is 729. The molecule has 3 rings (SSSR count). The van der Waals surface area contributed by atoms with E-state index in [0.717, 1.165) is 45.7 Å². The van der Waals surface area contributed by atoms with Crippen molar-refractivity contribution >= 4 is 43.2 Å². The van der Waals surface area contributed by atoms with E-state index in [1.165, 1.54) is 11.3 Å². The number of rotatable bonds is 7. The van der Waals surface area contributed by atoms with Gasteiger partial charge in [0.25, 0.3) is 5.91 Å². The number of nitrogens with one attached hydrogen (secondary N) is 1. The maximum absolute atomic E-state index is 12.6. The zero-order valence-electron chi connectivity index (χ0n) is 16.8. The quantitative estimate of drug-likeness (QED) is 0.758. The average molecular weight is 411 g/mol. The molecule has 0 saturated carbocycles. The lowest BCUT2D eigenvalue weighted by Crippen LogP contribution is -2.52.